The van der Waals surface area contributed by atoms with E-state index in [0.717, 1.165) is 17.9 Å². The van der Waals surface area contributed by atoms with E-state index in [0.29, 0.717) is 18.2 Å². The quantitative estimate of drug-likeness (QED) is 0.736. The minimum atomic E-state index is 0.523. The SMILES string of the molecule is C=CCOc1cccc(CNCC(=C)Cl)c1. The number of hydrogen-bond acceptors (Lipinski definition) is 2. The molecule has 1 aromatic carbocycles. The molecule has 0 spiro atoms. The predicted octanol–water partition coefficient (Wildman–Crippen LogP) is 3.09. The maximum Gasteiger partial charge on any atom is 0.120 e. The molecule has 1 aromatic rings. The van der Waals surface area contributed by atoms with Gasteiger partial charge < -0.3 is 10.1 Å². The van der Waals surface area contributed by atoms with Gasteiger partial charge in [0.15, 0.2) is 0 Å². The minimum absolute atomic E-state index is 0.523. The molecule has 0 fully saturated rings. The van der Waals surface area contributed by atoms with Crippen molar-refractivity contribution in [3.8, 4) is 5.75 Å². The van der Waals surface area contributed by atoms with Crippen LogP contribution < -0.4 is 10.1 Å². The second-order valence-electron chi connectivity index (χ2n) is 3.37. The third-order valence-corrected chi connectivity index (χ3v) is 2.05. The zero-order valence-corrected chi connectivity index (χ0v) is 9.96. The lowest BCUT2D eigenvalue weighted by atomic mass is 10.2. The van der Waals surface area contributed by atoms with Crippen molar-refractivity contribution in [1.29, 1.82) is 0 Å². The van der Waals surface area contributed by atoms with Gasteiger partial charge in [0.25, 0.3) is 0 Å². The Bertz CT molecular complexity index is 363. The minimum Gasteiger partial charge on any atom is -0.490 e. The largest absolute Gasteiger partial charge is 0.490 e. The fourth-order valence-electron chi connectivity index (χ4n) is 1.24. The van der Waals surface area contributed by atoms with Crippen molar-refractivity contribution in [3.05, 3.63) is 54.1 Å². The summed E-state index contributed by atoms with van der Waals surface area (Å²) in [4.78, 5) is 0. The van der Waals surface area contributed by atoms with Crippen molar-refractivity contribution in [2.24, 2.45) is 0 Å². The molecule has 16 heavy (non-hydrogen) atoms. The summed E-state index contributed by atoms with van der Waals surface area (Å²) in [7, 11) is 0. The Morgan fingerprint density at radius 2 is 2.31 bits per heavy atom. The molecule has 0 aliphatic carbocycles. The molecule has 0 aliphatic heterocycles. The van der Waals surface area contributed by atoms with Crippen LogP contribution in [0.15, 0.2) is 48.5 Å². The van der Waals surface area contributed by atoms with E-state index in [-0.39, 0.29) is 0 Å². The van der Waals surface area contributed by atoms with Crippen molar-refractivity contribution < 1.29 is 4.74 Å². The number of benzene rings is 1. The monoisotopic (exact) mass is 237 g/mol. The summed E-state index contributed by atoms with van der Waals surface area (Å²) in [6.07, 6.45) is 1.72. The van der Waals surface area contributed by atoms with Gasteiger partial charge in [0.1, 0.15) is 12.4 Å². The first kappa shape index (κ1) is 12.8. The Hall–Kier alpha value is -1.25. The predicted molar refractivity (Wildman–Crippen MR) is 68.8 cm³/mol. The molecule has 0 heterocycles. The zero-order chi connectivity index (χ0) is 11.8. The van der Waals surface area contributed by atoms with Gasteiger partial charge in [0.2, 0.25) is 0 Å². The Labute approximate surface area is 102 Å². The summed E-state index contributed by atoms with van der Waals surface area (Å²) in [6, 6.07) is 7.91. The molecule has 0 atom stereocenters. The van der Waals surface area contributed by atoms with E-state index >= 15 is 0 Å². The summed E-state index contributed by atoms with van der Waals surface area (Å²) >= 11 is 5.65. The molecule has 0 aromatic heterocycles. The number of nitrogens with one attached hydrogen (secondary N) is 1. The molecule has 0 bridgehead atoms. The van der Waals surface area contributed by atoms with Gasteiger partial charge in [-0.05, 0) is 17.7 Å². The summed E-state index contributed by atoms with van der Waals surface area (Å²) in [5.74, 6) is 0.851. The van der Waals surface area contributed by atoms with Gasteiger partial charge >= 0.3 is 0 Å². The van der Waals surface area contributed by atoms with Crippen molar-refractivity contribution in [2.45, 2.75) is 6.54 Å². The van der Waals surface area contributed by atoms with Crippen molar-refractivity contribution in [1.82, 2.24) is 5.32 Å². The van der Waals surface area contributed by atoms with Crippen LogP contribution in [0.4, 0.5) is 0 Å². The Morgan fingerprint density at radius 3 is 3.00 bits per heavy atom. The smallest absolute Gasteiger partial charge is 0.120 e. The Kier molecular flexibility index (Phi) is 5.68. The average Bonchev–Trinajstić information content (AvgIpc) is 2.26. The number of rotatable bonds is 7. The van der Waals surface area contributed by atoms with E-state index in [4.69, 9.17) is 16.3 Å². The first-order valence-electron chi connectivity index (χ1n) is 5.09. The van der Waals surface area contributed by atoms with E-state index in [2.05, 4.69) is 18.5 Å². The summed E-state index contributed by atoms with van der Waals surface area (Å²) in [5, 5.41) is 3.79. The van der Waals surface area contributed by atoms with Gasteiger partial charge in [0.05, 0.1) is 0 Å². The van der Waals surface area contributed by atoms with Crippen LogP contribution in [0.1, 0.15) is 5.56 Å². The average molecular weight is 238 g/mol. The molecule has 1 rings (SSSR count). The second kappa shape index (κ2) is 7.09. The van der Waals surface area contributed by atoms with Crippen LogP contribution in [0, 0.1) is 0 Å². The molecule has 0 unspecified atom stereocenters. The number of ether oxygens (including phenoxy) is 1. The number of hydrogen-bond donors (Lipinski definition) is 1. The number of halogens is 1. The van der Waals surface area contributed by atoms with Gasteiger partial charge in [-0.2, -0.15) is 0 Å². The van der Waals surface area contributed by atoms with E-state index in [1.54, 1.807) is 6.08 Å². The van der Waals surface area contributed by atoms with E-state index < -0.39 is 0 Å². The normalized spacial score (nSPS) is 9.81. The fourth-order valence-corrected chi connectivity index (χ4v) is 1.34. The van der Waals surface area contributed by atoms with Gasteiger partial charge in [0, 0.05) is 18.1 Å². The van der Waals surface area contributed by atoms with Crippen LogP contribution in [0.3, 0.4) is 0 Å². The standard InChI is InChI=1S/C13H16ClNO/c1-3-7-16-13-6-4-5-12(8-13)10-15-9-11(2)14/h3-6,8,15H,1-2,7,9-10H2. The lowest BCUT2D eigenvalue weighted by molar-refractivity contribution is 0.363. The maximum absolute atomic E-state index is 5.65. The Morgan fingerprint density at radius 1 is 1.50 bits per heavy atom. The van der Waals surface area contributed by atoms with Gasteiger partial charge in [-0.1, -0.05) is 43.0 Å². The molecular weight excluding hydrogens is 222 g/mol. The fraction of sp³-hybridized carbons (Fsp3) is 0.231. The summed E-state index contributed by atoms with van der Waals surface area (Å²) < 4.78 is 5.43. The highest BCUT2D eigenvalue weighted by Crippen LogP contribution is 2.13. The van der Waals surface area contributed by atoms with Crippen LogP contribution >= 0.6 is 11.6 Å². The lowest BCUT2D eigenvalue weighted by Gasteiger charge is -2.07. The third-order valence-electron chi connectivity index (χ3n) is 1.91. The van der Waals surface area contributed by atoms with Crippen molar-refractivity contribution in [2.75, 3.05) is 13.2 Å². The van der Waals surface area contributed by atoms with E-state index in [9.17, 15) is 0 Å². The zero-order valence-electron chi connectivity index (χ0n) is 9.21. The van der Waals surface area contributed by atoms with Crippen molar-refractivity contribution >= 4 is 11.6 Å². The highest BCUT2D eigenvalue weighted by Gasteiger charge is 1.96. The van der Waals surface area contributed by atoms with Gasteiger partial charge in [-0.25, -0.2) is 0 Å². The highest BCUT2D eigenvalue weighted by molar-refractivity contribution is 6.29. The van der Waals surface area contributed by atoms with Crippen LogP contribution in [-0.2, 0) is 6.54 Å². The third kappa shape index (κ3) is 5.01. The second-order valence-corrected chi connectivity index (χ2v) is 3.90. The molecule has 0 saturated heterocycles. The molecular formula is C13H16ClNO. The topological polar surface area (TPSA) is 21.3 Å². The van der Waals surface area contributed by atoms with E-state index in [1.807, 2.05) is 24.3 Å². The van der Waals surface area contributed by atoms with Crippen molar-refractivity contribution in [3.63, 3.8) is 0 Å². The van der Waals surface area contributed by atoms with Crippen LogP contribution in [0.2, 0.25) is 0 Å². The Balaban J connectivity index is 2.46. The van der Waals surface area contributed by atoms with Crippen LogP contribution in [-0.4, -0.2) is 13.2 Å². The first-order chi connectivity index (χ1) is 7.72. The molecule has 1 N–H and O–H groups in total. The highest BCUT2D eigenvalue weighted by atomic mass is 35.5. The van der Waals surface area contributed by atoms with Gasteiger partial charge in [-0.3, -0.25) is 0 Å². The molecule has 0 saturated carbocycles. The molecule has 3 heteroatoms. The molecule has 0 amide bonds. The lowest BCUT2D eigenvalue weighted by Crippen LogP contribution is -2.14. The molecule has 86 valence electrons. The molecule has 0 aliphatic rings. The maximum atomic E-state index is 5.65. The summed E-state index contributed by atoms with van der Waals surface area (Å²) in [5.41, 5.74) is 1.15. The van der Waals surface area contributed by atoms with Gasteiger partial charge in [-0.15, -0.1) is 0 Å². The van der Waals surface area contributed by atoms with Crippen LogP contribution in [0.25, 0.3) is 0 Å². The molecule has 2 nitrogen and oxygen atoms in total. The van der Waals surface area contributed by atoms with Crippen LogP contribution in [0.5, 0.6) is 5.75 Å². The summed E-state index contributed by atoms with van der Waals surface area (Å²) in [6.45, 7) is 9.10. The molecule has 0 radical (unpaired) electrons. The first-order valence-corrected chi connectivity index (χ1v) is 5.47. The van der Waals surface area contributed by atoms with E-state index in [1.165, 1.54) is 0 Å².